The molecule has 92 valence electrons. The highest BCUT2D eigenvalue weighted by atomic mass is 32.1. The molecule has 0 aliphatic heterocycles. The lowest BCUT2D eigenvalue weighted by molar-refractivity contribution is -0.125. The second-order valence-corrected chi connectivity index (χ2v) is 4.74. The Morgan fingerprint density at radius 1 is 1.38 bits per heavy atom. The van der Waals surface area contributed by atoms with Crippen molar-refractivity contribution >= 4 is 11.3 Å². The zero-order valence-corrected chi connectivity index (χ0v) is 10.0. The number of rotatable bonds is 6. The third-order valence-corrected chi connectivity index (χ3v) is 3.18. The molecule has 0 atom stereocenters. The van der Waals surface area contributed by atoms with Crippen molar-refractivity contribution in [2.45, 2.75) is 38.9 Å². The minimum absolute atomic E-state index is 0.294. The zero-order valence-electron chi connectivity index (χ0n) is 9.23. The molecule has 1 heterocycles. The fraction of sp³-hybridized carbons (Fsp3) is 0.636. The lowest BCUT2D eigenvalue weighted by Crippen LogP contribution is -2.28. The van der Waals surface area contributed by atoms with Gasteiger partial charge in [0.1, 0.15) is 0 Å². The van der Waals surface area contributed by atoms with E-state index in [2.05, 4.69) is 12.2 Å². The van der Waals surface area contributed by atoms with Crippen LogP contribution in [0.4, 0.5) is 13.2 Å². The van der Waals surface area contributed by atoms with E-state index in [1.165, 1.54) is 4.88 Å². The van der Waals surface area contributed by atoms with Gasteiger partial charge in [-0.2, -0.15) is 13.2 Å². The van der Waals surface area contributed by atoms with Crippen LogP contribution in [0.15, 0.2) is 11.4 Å². The van der Waals surface area contributed by atoms with Crippen molar-refractivity contribution in [1.82, 2.24) is 5.32 Å². The van der Waals surface area contributed by atoms with Gasteiger partial charge < -0.3 is 5.32 Å². The molecule has 0 saturated carbocycles. The summed E-state index contributed by atoms with van der Waals surface area (Å²) in [5.41, 5.74) is 0.945. The van der Waals surface area contributed by atoms with Crippen LogP contribution in [0.25, 0.3) is 0 Å². The molecular formula is C11H16F3NS. The largest absolute Gasteiger partial charge is 0.401 e. The second-order valence-electron chi connectivity index (χ2n) is 3.74. The summed E-state index contributed by atoms with van der Waals surface area (Å²) in [7, 11) is 0. The van der Waals surface area contributed by atoms with Crippen LogP contribution in [-0.2, 0) is 13.0 Å². The van der Waals surface area contributed by atoms with Crippen LogP contribution in [0.1, 0.15) is 30.2 Å². The summed E-state index contributed by atoms with van der Waals surface area (Å²) >= 11 is 1.63. The van der Waals surface area contributed by atoms with E-state index >= 15 is 0 Å². The minimum atomic E-state index is -4.12. The molecule has 0 amide bonds. The van der Waals surface area contributed by atoms with Gasteiger partial charge >= 0.3 is 6.18 Å². The molecule has 0 saturated heterocycles. The highest BCUT2D eigenvalue weighted by molar-refractivity contribution is 7.10. The molecule has 0 spiro atoms. The molecule has 1 rings (SSSR count). The van der Waals surface area contributed by atoms with Crippen molar-refractivity contribution in [1.29, 1.82) is 0 Å². The number of nitrogens with one attached hydrogen (secondary N) is 1. The van der Waals surface area contributed by atoms with Crippen molar-refractivity contribution in [2.75, 3.05) is 6.54 Å². The van der Waals surface area contributed by atoms with Crippen molar-refractivity contribution in [3.05, 3.63) is 21.9 Å². The van der Waals surface area contributed by atoms with Gasteiger partial charge in [0, 0.05) is 11.4 Å². The van der Waals surface area contributed by atoms with E-state index in [4.69, 9.17) is 0 Å². The first-order chi connectivity index (χ1) is 7.51. The fourth-order valence-electron chi connectivity index (χ4n) is 1.35. The molecule has 16 heavy (non-hydrogen) atoms. The Morgan fingerprint density at radius 3 is 2.75 bits per heavy atom. The van der Waals surface area contributed by atoms with Crippen LogP contribution in [0.3, 0.4) is 0 Å². The van der Waals surface area contributed by atoms with Gasteiger partial charge in [-0.1, -0.05) is 13.3 Å². The maximum atomic E-state index is 11.9. The Hall–Kier alpha value is -0.550. The number of alkyl halides is 3. The standard InChI is InChI=1S/C11H16F3NS/c1-2-3-4-10-5-9(7-16-10)6-15-8-11(12,13)14/h5,7,15H,2-4,6,8H2,1H3. The number of hydrogen-bond acceptors (Lipinski definition) is 2. The Labute approximate surface area is 97.7 Å². The predicted molar refractivity (Wildman–Crippen MR) is 60.7 cm³/mol. The van der Waals surface area contributed by atoms with E-state index in [-0.39, 0.29) is 0 Å². The van der Waals surface area contributed by atoms with Gasteiger partial charge in [0.2, 0.25) is 0 Å². The van der Waals surface area contributed by atoms with Gasteiger partial charge in [0.15, 0.2) is 0 Å². The number of thiophene rings is 1. The summed E-state index contributed by atoms with van der Waals surface area (Å²) in [5.74, 6) is 0. The molecule has 0 aliphatic rings. The number of hydrogen-bond donors (Lipinski definition) is 1. The van der Waals surface area contributed by atoms with E-state index in [1.54, 1.807) is 11.3 Å². The molecule has 0 aliphatic carbocycles. The van der Waals surface area contributed by atoms with Gasteiger partial charge in [-0.05, 0) is 29.9 Å². The first-order valence-corrected chi connectivity index (χ1v) is 6.23. The topological polar surface area (TPSA) is 12.0 Å². The molecule has 1 aromatic rings. The third kappa shape index (κ3) is 5.51. The van der Waals surface area contributed by atoms with E-state index in [9.17, 15) is 13.2 Å². The molecule has 5 heteroatoms. The Balaban J connectivity index is 2.29. The van der Waals surface area contributed by atoms with E-state index in [1.807, 2.05) is 11.4 Å². The van der Waals surface area contributed by atoms with Crippen LogP contribution >= 0.6 is 11.3 Å². The quantitative estimate of drug-likeness (QED) is 0.812. The Kier molecular flexibility index (Phi) is 5.28. The monoisotopic (exact) mass is 251 g/mol. The zero-order chi connectivity index (χ0) is 12.0. The Bertz CT molecular complexity index is 306. The Morgan fingerprint density at radius 2 is 2.12 bits per heavy atom. The van der Waals surface area contributed by atoms with Crippen LogP contribution in [0, 0.1) is 0 Å². The molecular weight excluding hydrogens is 235 g/mol. The van der Waals surface area contributed by atoms with E-state index < -0.39 is 12.7 Å². The summed E-state index contributed by atoms with van der Waals surface area (Å²) in [6.45, 7) is 1.49. The smallest absolute Gasteiger partial charge is 0.305 e. The molecule has 0 aromatic carbocycles. The number of halogens is 3. The summed E-state index contributed by atoms with van der Waals surface area (Å²) in [6.07, 6.45) is -0.822. The number of unbranched alkanes of at least 4 members (excludes halogenated alkanes) is 1. The van der Waals surface area contributed by atoms with Gasteiger partial charge in [-0.25, -0.2) is 0 Å². The van der Waals surface area contributed by atoms with E-state index in [0.717, 1.165) is 24.8 Å². The SMILES string of the molecule is CCCCc1cc(CNCC(F)(F)F)cs1. The van der Waals surface area contributed by atoms with Crippen molar-refractivity contribution in [2.24, 2.45) is 0 Å². The average molecular weight is 251 g/mol. The van der Waals surface area contributed by atoms with Crippen LogP contribution in [0.5, 0.6) is 0 Å². The minimum Gasteiger partial charge on any atom is -0.305 e. The van der Waals surface area contributed by atoms with Gasteiger partial charge in [0.25, 0.3) is 0 Å². The second kappa shape index (κ2) is 6.25. The molecule has 1 nitrogen and oxygen atoms in total. The fourth-order valence-corrected chi connectivity index (χ4v) is 2.29. The summed E-state index contributed by atoms with van der Waals surface area (Å²) in [5, 5.41) is 4.32. The third-order valence-electron chi connectivity index (χ3n) is 2.14. The van der Waals surface area contributed by atoms with Crippen molar-refractivity contribution in [3.8, 4) is 0 Å². The van der Waals surface area contributed by atoms with Gasteiger partial charge in [0.05, 0.1) is 6.54 Å². The lowest BCUT2D eigenvalue weighted by Gasteiger charge is -2.06. The summed E-state index contributed by atoms with van der Waals surface area (Å²) in [4.78, 5) is 1.26. The molecule has 1 N–H and O–H groups in total. The summed E-state index contributed by atoms with van der Waals surface area (Å²) < 4.78 is 35.6. The lowest BCUT2D eigenvalue weighted by atomic mass is 10.2. The van der Waals surface area contributed by atoms with Gasteiger partial charge in [-0.15, -0.1) is 11.3 Å². The highest BCUT2D eigenvalue weighted by Crippen LogP contribution is 2.18. The normalized spacial score (nSPS) is 12.0. The van der Waals surface area contributed by atoms with Crippen LogP contribution in [0.2, 0.25) is 0 Å². The maximum Gasteiger partial charge on any atom is 0.401 e. The molecule has 0 bridgehead atoms. The first-order valence-electron chi connectivity index (χ1n) is 5.35. The predicted octanol–water partition coefficient (Wildman–Crippen LogP) is 3.74. The maximum absolute atomic E-state index is 11.9. The van der Waals surface area contributed by atoms with Crippen LogP contribution < -0.4 is 5.32 Å². The number of aryl methyl sites for hydroxylation is 1. The molecule has 0 unspecified atom stereocenters. The van der Waals surface area contributed by atoms with Crippen molar-refractivity contribution in [3.63, 3.8) is 0 Å². The van der Waals surface area contributed by atoms with Gasteiger partial charge in [-0.3, -0.25) is 0 Å². The molecule has 0 fully saturated rings. The van der Waals surface area contributed by atoms with E-state index in [0.29, 0.717) is 6.54 Å². The molecule has 0 radical (unpaired) electrons. The first kappa shape index (κ1) is 13.5. The van der Waals surface area contributed by atoms with Crippen molar-refractivity contribution < 1.29 is 13.2 Å². The molecule has 1 aromatic heterocycles. The van der Waals surface area contributed by atoms with Crippen LogP contribution in [-0.4, -0.2) is 12.7 Å². The average Bonchev–Trinajstić information content (AvgIpc) is 2.61. The summed E-state index contributed by atoms with van der Waals surface area (Å²) in [6, 6.07) is 1.99. The highest BCUT2D eigenvalue weighted by Gasteiger charge is 2.26.